The Morgan fingerprint density at radius 2 is 0.930 bits per heavy atom. The highest BCUT2D eigenvalue weighted by Crippen LogP contribution is 2.47. The van der Waals surface area contributed by atoms with Gasteiger partial charge in [0, 0.05) is 21.4 Å². The number of benzene rings is 4. The molecule has 0 saturated carbocycles. The Balaban J connectivity index is 1.20. The highest BCUT2D eigenvalue weighted by atomic mass is 28.2. The average molecular weight is 579 g/mol. The van der Waals surface area contributed by atoms with Crippen molar-refractivity contribution in [2.45, 2.75) is 90.1 Å². The van der Waals surface area contributed by atoms with Crippen LogP contribution in [0.4, 0.5) is 0 Å². The van der Waals surface area contributed by atoms with Gasteiger partial charge in [-0.1, -0.05) is 161 Å². The Labute approximate surface area is 262 Å². The number of hydrogen-bond acceptors (Lipinski definition) is 0. The maximum Gasteiger partial charge on any atom is 0.0397 e. The predicted molar refractivity (Wildman–Crippen MR) is 189 cm³/mol. The van der Waals surface area contributed by atoms with E-state index in [4.69, 9.17) is 0 Å². The second kappa shape index (κ2) is 13.5. The summed E-state index contributed by atoms with van der Waals surface area (Å²) in [7, 11) is 0.943. The Bertz CT molecular complexity index is 1490. The summed E-state index contributed by atoms with van der Waals surface area (Å²) in [5.74, 6) is 1.11. The van der Waals surface area contributed by atoms with Crippen molar-refractivity contribution in [3.05, 3.63) is 129 Å². The summed E-state index contributed by atoms with van der Waals surface area (Å²) in [6.45, 7) is 9.19. The van der Waals surface area contributed by atoms with Gasteiger partial charge in [-0.3, -0.25) is 0 Å². The first-order valence-corrected chi connectivity index (χ1v) is 18.1. The van der Waals surface area contributed by atoms with Crippen LogP contribution in [0.3, 0.4) is 0 Å². The van der Waals surface area contributed by atoms with Crippen molar-refractivity contribution in [1.29, 1.82) is 0 Å². The number of hydrogen-bond donors (Lipinski definition) is 0. The van der Waals surface area contributed by atoms with E-state index in [2.05, 4.69) is 125 Å². The van der Waals surface area contributed by atoms with Crippen LogP contribution in [0, 0.1) is 0 Å². The van der Waals surface area contributed by atoms with Crippen LogP contribution in [-0.2, 0) is 12.8 Å². The minimum absolute atomic E-state index is 0.556. The second-order valence-corrected chi connectivity index (χ2v) is 13.7. The molecule has 0 aromatic heterocycles. The highest BCUT2D eigenvalue weighted by molar-refractivity contribution is 6.36. The van der Waals surface area contributed by atoms with Crippen LogP contribution in [0.15, 0.2) is 96.1 Å². The maximum atomic E-state index is 2.53. The maximum absolute atomic E-state index is 2.53. The first kappa shape index (κ1) is 29.6. The van der Waals surface area contributed by atoms with Gasteiger partial charge < -0.3 is 0 Å². The molecule has 0 fully saturated rings. The van der Waals surface area contributed by atoms with Crippen molar-refractivity contribution >= 4 is 21.7 Å². The van der Waals surface area contributed by atoms with Gasteiger partial charge in [-0.15, -0.1) is 0 Å². The van der Waals surface area contributed by atoms with Gasteiger partial charge in [-0.25, -0.2) is 0 Å². The Morgan fingerprint density at radius 3 is 1.30 bits per heavy atom. The fourth-order valence-corrected chi connectivity index (χ4v) is 9.11. The number of fused-ring (bicyclic) bond motifs is 2. The van der Waals surface area contributed by atoms with Gasteiger partial charge in [0.2, 0.25) is 0 Å². The molecule has 218 valence electrons. The van der Waals surface area contributed by atoms with Gasteiger partial charge in [0.25, 0.3) is 0 Å². The van der Waals surface area contributed by atoms with Gasteiger partial charge in [0.05, 0.1) is 0 Å². The largest absolute Gasteiger partial charge is 0.0651 e. The standard InChI is InChI=1S/C42H46Si/c1-5-11-29-17-21-33(22-18-29)35-13-9-15-37-39(35)25-31(7-3)41(37)27-43-28-42-32(8-4)26-40-36(14-10-16-38(40)42)34-23-19-30(12-6-2)20-24-34/h9-10,13-26,41-42H,5-8,11-12,27-28H2,1-4H3. The highest BCUT2D eigenvalue weighted by Gasteiger charge is 2.29. The quantitative estimate of drug-likeness (QED) is 0.147. The molecule has 2 atom stereocenters. The number of aryl methyl sites for hydroxylation is 2. The molecule has 2 radical (unpaired) electrons. The van der Waals surface area contributed by atoms with Crippen LogP contribution in [-0.4, -0.2) is 9.52 Å². The first-order chi connectivity index (χ1) is 21.1. The topological polar surface area (TPSA) is 0 Å². The molecule has 0 spiro atoms. The van der Waals surface area contributed by atoms with Crippen molar-refractivity contribution in [3.8, 4) is 22.3 Å². The summed E-state index contributed by atoms with van der Waals surface area (Å²) in [5.41, 5.74) is 17.6. The van der Waals surface area contributed by atoms with E-state index in [1.54, 1.807) is 22.3 Å². The van der Waals surface area contributed by atoms with E-state index in [9.17, 15) is 0 Å². The monoisotopic (exact) mass is 578 g/mol. The Morgan fingerprint density at radius 1 is 0.512 bits per heavy atom. The zero-order chi connectivity index (χ0) is 29.8. The molecule has 0 heterocycles. The lowest BCUT2D eigenvalue weighted by molar-refractivity contribution is 0.830. The fraction of sp³-hybridized carbons (Fsp3) is 0.333. The smallest absolute Gasteiger partial charge is 0.0397 e. The lowest BCUT2D eigenvalue weighted by Crippen LogP contribution is -2.08. The molecule has 2 aliphatic carbocycles. The molecule has 2 unspecified atom stereocenters. The van der Waals surface area contributed by atoms with Gasteiger partial charge in [-0.2, -0.15) is 0 Å². The zero-order valence-corrected chi connectivity index (χ0v) is 27.5. The summed E-state index contributed by atoms with van der Waals surface area (Å²) in [6.07, 6.45) is 12.0. The molecule has 0 saturated heterocycles. The summed E-state index contributed by atoms with van der Waals surface area (Å²) in [5, 5.41) is 0. The van der Waals surface area contributed by atoms with Crippen LogP contribution in [0.25, 0.3) is 34.4 Å². The summed E-state index contributed by atoms with van der Waals surface area (Å²) in [6, 6.07) is 35.2. The SMILES string of the molecule is CCCc1ccc(-c2cccc3c2C=C(CC)C3C[Si]CC2C(CC)=Cc3c(-c4ccc(CCC)cc4)cccc32)cc1. The second-order valence-electron chi connectivity index (χ2n) is 12.4. The van der Waals surface area contributed by atoms with Crippen molar-refractivity contribution in [3.63, 3.8) is 0 Å². The van der Waals surface area contributed by atoms with E-state index >= 15 is 0 Å². The van der Waals surface area contributed by atoms with E-state index in [0.29, 0.717) is 11.8 Å². The van der Waals surface area contributed by atoms with Gasteiger partial charge >= 0.3 is 0 Å². The molecule has 4 aromatic carbocycles. The molecule has 1 heteroatoms. The van der Waals surface area contributed by atoms with Crippen molar-refractivity contribution < 1.29 is 0 Å². The third-order valence-electron chi connectivity index (χ3n) is 9.71. The van der Waals surface area contributed by atoms with Crippen LogP contribution in [0.1, 0.15) is 98.6 Å². The van der Waals surface area contributed by atoms with Crippen molar-refractivity contribution in [2.24, 2.45) is 0 Å². The summed E-state index contributed by atoms with van der Waals surface area (Å²) in [4.78, 5) is 0. The fourth-order valence-electron chi connectivity index (χ4n) is 7.40. The van der Waals surface area contributed by atoms with Crippen LogP contribution < -0.4 is 0 Å². The Kier molecular flexibility index (Phi) is 9.29. The molecule has 0 bridgehead atoms. The molecule has 43 heavy (non-hydrogen) atoms. The molecule has 2 aliphatic rings. The normalized spacial score (nSPS) is 17.0. The van der Waals surface area contributed by atoms with Crippen molar-refractivity contribution in [2.75, 3.05) is 0 Å². The minimum Gasteiger partial charge on any atom is -0.0651 e. The summed E-state index contributed by atoms with van der Waals surface area (Å²) >= 11 is 0. The predicted octanol–water partition coefficient (Wildman–Crippen LogP) is 11.9. The van der Waals surface area contributed by atoms with Crippen LogP contribution in [0.5, 0.6) is 0 Å². The van der Waals surface area contributed by atoms with Crippen molar-refractivity contribution in [1.82, 2.24) is 0 Å². The van der Waals surface area contributed by atoms with Crippen LogP contribution in [0.2, 0.25) is 12.1 Å². The molecule has 0 aliphatic heterocycles. The van der Waals surface area contributed by atoms with Gasteiger partial charge in [-0.05, 0) is 81.3 Å². The number of rotatable bonds is 12. The van der Waals surface area contributed by atoms with Gasteiger partial charge in [0.1, 0.15) is 0 Å². The third kappa shape index (κ3) is 6.02. The van der Waals surface area contributed by atoms with E-state index in [0.717, 1.165) is 35.2 Å². The number of allylic oxidation sites excluding steroid dienone is 2. The molecule has 0 N–H and O–H groups in total. The van der Waals surface area contributed by atoms with E-state index in [-0.39, 0.29) is 0 Å². The zero-order valence-electron chi connectivity index (χ0n) is 26.5. The van der Waals surface area contributed by atoms with E-state index in [1.807, 2.05) is 0 Å². The van der Waals surface area contributed by atoms with Crippen LogP contribution >= 0.6 is 0 Å². The lowest BCUT2D eigenvalue weighted by atomic mass is 9.92. The van der Waals surface area contributed by atoms with E-state index in [1.165, 1.54) is 69.4 Å². The lowest BCUT2D eigenvalue weighted by Gasteiger charge is -2.20. The van der Waals surface area contributed by atoms with Gasteiger partial charge in [0.15, 0.2) is 0 Å². The molecular formula is C42H46Si. The molecule has 4 aromatic rings. The third-order valence-corrected chi connectivity index (χ3v) is 11.1. The first-order valence-electron chi connectivity index (χ1n) is 16.7. The minimum atomic E-state index is 0.556. The molecular weight excluding hydrogens is 533 g/mol. The summed E-state index contributed by atoms with van der Waals surface area (Å²) < 4.78 is 0. The average Bonchev–Trinajstić information content (AvgIpc) is 3.60. The van der Waals surface area contributed by atoms with E-state index < -0.39 is 0 Å². The molecule has 0 amide bonds. The Hall–Kier alpha value is -3.42. The molecule has 6 rings (SSSR count). The molecule has 0 nitrogen and oxygen atoms in total.